The molecule has 0 bridgehead atoms. The van der Waals surface area contributed by atoms with Crippen molar-refractivity contribution in [1.29, 1.82) is 0 Å². The molecule has 1 aliphatic rings. The maximum atomic E-state index is 13.0. The van der Waals surface area contributed by atoms with Crippen LogP contribution in [0.1, 0.15) is 28.4 Å². The Bertz CT molecular complexity index is 1320. The van der Waals surface area contributed by atoms with Gasteiger partial charge in [-0.2, -0.15) is 4.98 Å². The van der Waals surface area contributed by atoms with E-state index in [1.165, 1.54) is 6.20 Å². The molecule has 0 spiro atoms. The van der Waals surface area contributed by atoms with Crippen molar-refractivity contribution in [2.75, 3.05) is 32.7 Å². The highest BCUT2D eigenvalue weighted by atomic mass is 32.1. The number of fused-ring (bicyclic) bond motifs is 1. The Balaban J connectivity index is 1.13. The third-order valence-electron chi connectivity index (χ3n) is 5.84. The Morgan fingerprint density at radius 3 is 2.82 bits per heavy atom. The van der Waals surface area contributed by atoms with Crippen LogP contribution in [0.3, 0.4) is 0 Å². The minimum absolute atomic E-state index is 0.166. The summed E-state index contributed by atoms with van der Waals surface area (Å²) in [4.78, 5) is 42.6. The highest BCUT2D eigenvalue weighted by Crippen LogP contribution is 2.21. The van der Waals surface area contributed by atoms with Crippen LogP contribution in [0.5, 0.6) is 0 Å². The van der Waals surface area contributed by atoms with E-state index in [-0.39, 0.29) is 16.9 Å². The number of H-pyrrole nitrogens is 1. The van der Waals surface area contributed by atoms with Crippen molar-refractivity contribution < 1.29 is 9.32 Å². The fourth-order valence-electron chi connectivity index (χ4n) is 4.02. The zero-order valence-electron chi connectivity index (χ0n) is 18.3. The first-order valence-electron chi connectivity index (χ1n) is 11.0. The van der Waals surface area contributed by atoms with Crippen LogP contribution in [-0.4, -0.2) is 68.5 Å². The first-order valence-corrected chi connectivity index (χ1v) is 11.8. The number of rotatable bonds is 6. The van der Waals surface area contributed by atoms with Gasteiger partial charge in [-0.25, -0.2) is 4.98 Å². The summed E-state index contributed by atoms with van der Waals surface area (Å²) >= 11 is 1.59. The van der Waals surface area contributed by atoms with Gasteiger partial charge in [0.25, 0.3) is 5.91 Å². The number of carbonyl (C=O) groups is 1. The van der Waals surface area contributed by atoms with Gasteiger partial charge in [0.2, 0.25) is 17.1 Å². The summed E-state index contributed by atoms with van der Waals surface area (Å²) in [5.41, 5.74) is 1.21. The largest absolute Gasteiger partial charge is 0.345 e. The van der Waals surface area contributed by atoms with Crippen molar-refractivity contribution in [1.82, 2.24) is 29.9 Å². The third-order valence-corrected chi connectivity index (χ3v) is 6.71. The molecule has 1 fully saturated rings. The van der Waals surface area contributed by atoms with Gasteiger partial charge in [-0.05, 0) is 43.5 Å². The number of aromatic nitrogens is 4. The maximum absolute atomic E-state index is 13.0. The summed E-state index contributed by atoms with van der Waals surface area (Å²) in [6.45, 7) is 5.46. The Labute approximate surface area is 194 Å². The molecule has 170 valence electrons. The Morgan fingerprint density at radius 1 is 1.18 bits per heavy atom. The van der Waals surface area contributed by atoms with Gasteiger partial charge in [0.1, 0.15) is 11.2 Å². The number of thiophene rings is 1. The molecule has 0 radical (unpaired) electrons. The molecule has 33 heavy (non-hydrogen) atoms. The van der Waals surface area contributed by atoms with Crippen LogP contribution in [0, 0.1) is 6.92 Å². The summed E-state index contributed by atoms with van der Waals surface area (Å²) in [5, 5.41) is 6.48. The average molecular weight is 465 g/mol. The molecule has 10 heteroatoms. The van der Waals surface area contributed by atoms with Crippen molar-refractivity contribution in [2.24, 2.45) is 0 Å². The molecule has 1 saturated heterocycles. The fourth-order valence-corrected chi connectivity index (χ4v) is 4.67. The van der Waals surface area contributed by atoms with Gasteiger partial charge < -0.3 is 14.4 Å². The highest BCUT2D eigenvalue weighted by Gasteiger charge is 2.24. The number of aromatic amines is 1. The number of pyridine rings is 2. The van der Waals surface area contributed by atoms with Gasteiger partial charge in [0, 0.05) is 44.5 Å². The first kappa shape index (κ1) is 21.5. The minimum Gasteiger partial charge on any atom is -0.345 e. The number of nitrogens with zero attached hydrogens (tertiary/aromatic N) is 5. The molecule has 0 unspecified atom stereocenters. The van der Waals surface area contributed by atoms with Gasteiger partial charge in [-0.1, -0.05) is 11.2 Å². The van der Waals surface area contributed by atoms with Crippen LogP contribution in [0.15, 0.2) is 45.2 Å². The second-order valence-electron chi connectivity index (χ2n) is 8.11. The predicted molar refractivity (Wildman–Crippen MR) is 125 cm³/mol. The summed E-state index contributed by atoms with van der Waals surface area (Å²) in [6, 6.07) is 7.44. The molecular weight excluding hydrogens is 440 g/mol. The van der Waals surface area contributed by atoms with E-state index in [2.05, 4.69) is 25.0 Å². The van der Waals surface area contributed by atoms with Crippen LogP contribution in [0.2, 0.25) is 0 Å². The quantitative estimate of drug-likeness (QED) is 0.467. The summed E-state index contributed by atoms with van der Waals surface area (Å²) in [7, 11) is 0. The minimum atomic E-state index is -0.273. The zero-order chi connectivity index (χ0) is 22.8. The summed E-state index contributed by atoms with van der Waals surface area (Å²) < 4.78 is 5.36. The molecule has 5 heterocycles. The molecule has 1 aliphatic heterocycles. The molecule has 5 rings (SSSR count). The molecule has 4 aromatic heterocycles. The van der Waals surface area contributed by atoms with Gasteiger partial charge in [-0.3, -0.25) is 14.5 Å². The molecule has 1 N–H and O–H groups in total. The zero-order valence-corrected chi connectivity index (χ0v) is 19.1. The normalized spacial score (nSPS) is 14.8. The Kier molecular flexibility index (Phi) is 6.01. The molecular formula is C23H24N6O3S. The van der Waals surface area contributed by atoms with Crippen LogP contribution in [0.25, 0.3) is 21.7 Å². The smallest absolute Gasteiger partial charge is 0.259 e. The van der Waals surface area contributed by atoms with E-state index in [1.807, 2.05) is 24.4 Å². The van der Waals surface area contributed by atoms with E-state index < -0.39 is 0 Å². The second kappa shape index (κ2) is 9.24. The fraction of sp³-hybridized carbons (Fsp3) is 0.348. The third kappa shape index (κ3) is 4.57. The molecule has 4 aromatic rings. The lowest BCUT2D eigenvalue weighted by molar-refractivity contribution is 0.0634. The van der Waals surface area contributed by atoms with E-state index in [4.69, 9.17) is 4.52 Å². The van der Waals surface area contributed by atoms with E-state index in [1.54, 1.807) is 28.4 Å². The number of carbonyl (C=O) groups excluding carboxylic acids is 1. The number of amides is 1. The van der Waals surface area contributed by atoms with Crippen LogP contribution in [0.4, 0.5) is 0 Å². The van der Waals surface area contributed by atoms with E-state index >= 15 is 0 Å². The van der Waals surface area contributed by atoms with Gasteiger partial charge in [0.05, 0.1) is 10.3 Å². The second-order valence-corrected chi connectivity index (χ2v) is 9.05. The number of hydrogen-bond donors (Lipinski definition) is 1. The number of hydrogen-bond acceptors (Lipinski definition) is 8. The summed E-state index contributed by atoms with van der Waals surface area (Å²) in [6.07, 6.45) is 3.11. The SMILES string of the molecule is Cc1ccc2c(=O)c(C(=O)N3CCN(CCCc4nc(-c5cccs5)no4)CC3)c[nH]c2n1. The monoisotopic (exact) mass is 464 g/mol. The van der Waals surface area contributed by atoms with E-state index in [0.29, 0.717) is 35.8 Å². The molecule has 9 nitrogen and oxygen atoms in total. The molecule has 1 amide bonds. The van der Waals surface area contributed by atoms with Gasteiger partial charge in [-0.15, -0.1) is 11.3 Å². The van der Waals surface area contributed by atoms with Crippen LogP contribution in [-0.2, 0) is 6.42 Å². The lowest BCUT2D eigenvalue weighted by Crippen LogP contribution is -2.49. The van der Waals surface area contributed by atoms with Gasteiger partial charge >= 0.3 is 0 Å². The maximum Gasteiger partial charge on any atom is 0.259 e. The molecule has 0 aromatic carbocycles. The number of piperazine rings is 1. The van der Waals surface area contributed by atoms with E-state index in [0.717, 1.165) is 43.0 Å². The Hall–Kier alpha value is -3.37. The predicted octanol–water partition coefficient (Wildman–Crippen LogP) is 2.73. The van der Waals surface area contributed by atoms with Crippen molar-refractivity contribution in [3.63, 3.8) is 0 Å². The standard InChI is InChI=1S/C23H24N6O3S/c1-15-6-7-16-20(30)17(14-24-21(16)25-15)23(31)29-11-9-28(10-12-29)8-2-5-19-26-22(27-32-19)18-4-3-13-33-18/h3-4,6-7,13-14H,2,5,8-12H2,1H3,(H,24,25,30). The highest BCUT2D eigenvalue weighted by molar-refractivity contribution is 7.13. The lowest BCUT2D eigenvalue weighted by Gasteiger charge is -2.34. The van der Waals surface area contributed by atoms with Crippen molar-refractivity contribution in [3.05, 3.63) is 63.2 Å². The lowest BCUT2D eigenvalue weighted by atomic mass is 10.1. The molecule has 0 saturated carbocycles. The van der Waals surface area contributed by atoms with E-state index in [9.17, 15) is 9.59 Å². The average Bonchev–Trinajstić information content (AvgIpc) is 3.52. The topological polar surface area (TPSA) is 108 Å². The molecule has 0 aliphatic carbocycles. The van der Waals surface area contributed by atoms with Crippen molar-refractivity contribution in [2.45, 2.75) is 19.8 Å². The van der Waals surface area contributed by atoms with Crippen LogP contribution < -0.4 is 5.43 Å². The molecule has 0 atom stereocenters. The van der Waals surface area contributed by atoms with Crippen molar-refractivity contribution in [3.8, 4) is 10.7 Å². The van der Waals surface area contributed by atoms with Gasteiger partial charge in [0.15, 0.2) is 0 Å². The first-order chi connectivity index (χ1) is 16.1. The number of aryl methyl sites for hydroxylation is 2. The van der Waals surface area contributed by atoms with Crippen molar-refractivity contribution >= 4 is 28.3 Å². The summed E-state index contributed by atoms with van der Waals surface area (Å²) in [5.74, 6) is 1.06. The number of nitrogens with one attached hydrogen (secondary N) is 1. The Morgan fingerprint density at radius 2 is 2.03 bits per heavy atom. The van der Waals surface area contributed by atoms with Crippen LogP contribution >= 0.6 is 11.3 Å².